The van der Waals surface area contributed by atoms with Crippen molar-refractivity contribution < 1.29 is 30.7 Å². The molecule has 0 aliphatic carbocycles. The van der Waals surface area contributed by atoms with Crippen molar-refractivity contribution in [1.29, 1.82) is 0 Å². The number of benzene rings is 2. The van der Waals surface area contributed by atoms with Crippen molar-refractivity contribution in [3.63, 3.8) is 0 Å². The predicted octanol–water partition coefficient (Wildman–Crippen LogP) is 1.28. The smallest absolute Gasteiger partial charge is 0.231 e. The van der Waals surface area contributed by atoms with Crippen molar-refractivity contribution in [2.75, 3.05) is 18.3 Å². The molecule has 2 aliphatic rings. The van der Waals surface area contributed by atoms with Gasteiger partial charge in [-0.25, -0.2) is 21.2 Å². The molecule has 0 saturated carbocycles. The zero-order chi connectivity index (χ0) is 19.9. The molecule has 0 radical (unpaired) electrons. The molecule has 0 aromatic heterocycles. The highest BCUT2D eigenvalue weighted by Crippen LogP contribution is 2.33. The molecule has 0 amide bonds. The van der Waals surface area contributed by atoms with Gasteiger partial charge in [0.15, 0.2) is 31.2 Å². The van der Waals surface area contributed by atoms with Gasteiger partial charge in [-0.1, -0.05) is 6.07 Å². The van der Waals surface area contributed by atoms with Crippen molar-refractivity contribution in [2.45, 2.75) is 22.7 Å². The van der Waals surface area contributed by atoms with Crippen LogP contribution < -0.4 is 14.8 Å². The predicted molar refractivity (Wildman–Crippen MR) is 99.2 cm³/mol. The Morgan fingerprint density at radius 3 is 2.50 bits per heavy atom. The van der Waals surface area contributed by atoms with E-state index in [9.17, 15) is 21.2 Å². The number of nitrogens with one attached hydrogen (secondary N) is 1. The third kappa shape index (κ3) is 3.71. The summed E-state index contributed by atoms with van der Waals surface area (Å²) in [4.78, 5) is -0.0918. The van der Waals surface area contributed by atoms with Gasteiger partial charge in [-0.3, -0.25) is 0 Å². The second-order valence-corrected chi connectivity index (χ2v) is 11.1. The van der Waals surface area contributed by atoms with Gasteiger partial charge in [0.2, 0.25) is 6.79 Å². The van der Waals surface area contributed by atoms with E-state index < -0.39 is 42.5 Å². The molecule has 4 rings (SSSR count). The lowest BCUT2D eigenvalue weighted by molar-refractivity contribution is 0.174. The molecule has 0 spiro atoms. The number of halogens is 1. The molecule has 1 fully saturated rings. The zero-order valence-electron chi connectivity index (χ0n) is 14.7. The van der Waals surface area contributed by atoms with Crippen LogP contribution in [0.2, 0.25) is 0 Å². The lowest BCUT2D eigenvalue weighted by atomic mass is 10.2. The highest BCUT2D eigenvalue weighted by Gasteiger charge is 2.45. The van der Waals surface area contributed by atoms with E-state index in [0.717, 1.165) is 29.8 Å². The summed E-state index contributed by atoms with van der Waals surface area (Å²) in [5, 5.41) is 1.91. The molecule has 2 heterocycles. The van der Waals surface area contributed by atoms with Crippen LogP contribution >= 0.6 is 0 Å². The topological polar surface area (TPSA) is 98.8 Å². The molecule has 0 bridgehead atoms. The van der Waals surface area contributed by atoms with Crippen molar-refractivity contribution in [3.8, 4) is 11.5 Å². The summed E-state index contributed by atoms with van der Waals surface area (Å²) in [5.74, 6) is -0.0815. The van der Waals surface area contributed by atoms with Crippen LogP contribution in [-0.4, -0.2) is 46.4 Å². The maximum atomic E-state index is 13.1. The molecule has 2 unspecified atom stereocenters. The molecule has 2 atom stereocenters. The van der Waals surface area contributed by atoms with Crippen molar-refractivity contribution >= 4 is 19.7 Å². The van der Waals surface area contributed by atoms with Crippen molar-refractivity contribution in [2.24, 2.45) is 0 Å². The summed E-state index contributed by atoms with van der Waals surface area (Å²) in [6.45, 7) is 0.414. The first kappa shape index (κ1) is 19.2. The summed E-state index contributed by atoms with van der Waals surface area (Å²) in [6, 6.07) is 8.95. The summed E-state index contributed by atoms with van der Waals surface area (Å²) >= 11 is 0. The largest absolute Gasteiger partial charge is 0.454 e. The van der Waals surface area contributed by atoms with Gasteiger partial charge in [-0.15, -0.1) is 0 Å². The van der Waals surface area contributed by atoms with Crippen LogP contribution in [0.3, 0.4) is 0 Å². The van der Waals surface area contributed by atoms with Crippen molar-refractivity contribution in [1.82, 2.24) is 5.32 Å². The molecule has 10 heteroatoms. The van der Waals surface area contributed by atoms with Gasteiger partial charge in [0, 0.05) is 12.6 Å². The Morgan fingerprint density at radius 2 is 1.75 bits per heavy atom. The van der Waals surface area contributed by atoms with E-state index in [1.165, 1.54) is 0 Å². The van der Waals surface area contributed by atoms with E-state index >= 15 is 0 Å². The maximum Gasteiger partial charge on any atom is 0.231 e. The van der Waals surface area contributed by atoms with Gasteiger partial charge < -0.3 is 14.8 Å². The molecule has 2 aromatic rings. The Bertz CT molecular complexity index is 1100. The lowest BCUT2D eigenvalue weighted by Crippen LogP contribution is -2.43. The maximum absolute atomic E-state index is 13.1. The highest BCUT2D eigenvalue weighted by molar-refractivity contribution is 7.96. The Morgan fingerprint density at radius 1 is 1.04 bits per heavy atom. The quantitative estimate of drug-likeness (QED) is 0.718. The van der Waals surface area contributed by atoms with E-state index in [1.54, 1.807) is 18.2 Å². The second kappa shape index (κ2) is 7.02. The standard InChI is InChI=1S/C18H18FNO6S2/c19-13-2-4-14(5-3-13)28(23,24)18-10-27(21,22)9-15(18)20-8-12-1-6-16-17(7-12)26-11-25-16/h1-7,15,18,20H,8-11H2. The molecule has 1 N–H and O–H groups in total. The fourth-order valence-electron chi connectivity index (χ4n) is 3.41. The lowest BCUT2D eigenvalue weighted by Gasteiger charge is -2.20. The van der Waals surface area contributed by atoms with Crippen LogP contribution in [0, 0.1) is 5.82 Å². The average molecular weight is 427 g/mol. The molecule has 2 aromatic carbocycles. The van der Waals surface area contributed by atoms with Crippen LogP contribution in [0.1, 0.15) is 5.56 Å². The monoisotopic (exact) mass is 427 g/mol. The van der Waals surface area contributed by atoms with Crippen molar-refractivity contribution in [3.05, 3.63) is 53.8 Å². The molecule has 150 valence electrons. The first-order valence-corrected chi connectivity index (χ1v) is 11.9. The Balaban J connectivity index is 1.55. The summed E-state index contributed by atoms with van der Waals surface area (Å²) in [5.41, 5.74) is 0.812. The molecule has 28 heavy (non-hydrogen) atoms. The Labute approximate surface area is 162 Å². The SMILES string of the molecule is O=S1(=O)CC(NCc2ccc3c(c2)OCO3)C(S(=O)(=O)c2ccc(F)cc2)C1. The minimum atomic E-state index is -3.94. The highest BCUT2D eigenvalue weighted by atomic mass is 32.2. The minimum absolute atomic E-state index is 0.0918. The summed E-state index contributed by atoms with van der Waals surface area (Å²) < 4.78 is 73.9. The van der Waals surface area contributed by atoms with E-state index in [4.69, 9.17) is 9.47 Å². The van der Waals surface area contributed by atoms with Crippen LogP contribution in [-0.2, 0) is 26.2 Å². The van der Waals surface area contributed by atoms with Gasteiger partial charge in [0.1, 0.15) is 5.82 Å². The third-order valence-corrected chi connectivity index (χ3v) is 9.01. The van der Waals surface area contributed by atoms with Crippen LogP contribution in [0.4, 0.5) is 4.39 Å². The van der Waals surface area contributed by atoms with Crippen LogP contribution in [0.5, 0.6) is 11.5 Å². The van der Waals surface area contributed by atoms with E-state index in [-0.39, 0.29) is 24.0 Å². The van der Waals surface area contributed by atoms with Gasteiger partial charge >= 0.3 is 0 Å². The van der Waals surface area contributed by atoms with E-state index in [0.29, 0.717) is 11.5 Å². The van der Waals surface area contributed by atoms with Gasteiger partial charge in [0.25, 0.3) is 0 Å². The molecule has 1 saturated heterocycles. The fraction of sp³-hybridized carbons (Fsp3) is 0.333. The third-order valence-electron chi connectivity index (χ3n) is 4.85. The number of hydrogen-bond donors (Lipinski definition) is 1. The molecule has 2 aliphatic heterocycles. The van der Waals surface area contributed by atoms with Gasteiger partial charge in [-0.2, -0.15) is 0 Å². The summed E-state index contributed by atoms with van der Waals surface area (Å²) in [6.07, 6.45) is 0. The Hall–Kier alpha value is -2.17. The number of sulfone groups is 2. The first-order chi connectivity index (χ1) is 13.2. The number of rotatable bonds is 5. The second-order valence-electron chi connectivity index (χ2n) is 6.79. The molecule has 7 nitrogen and oxygen atoms in total. The van der Waals surface area contributed by atoms with E-state index in [1.807, 2.05) is 0 Å². The zero-order valence-corrected chi connectivity index (χ0v) is 16.3. The number of hydrogen-bond acceptors (Lipinski definition) is 7. The Kier molecular flexibility index (Phi) is 4.80. The van der Waals surface area contributed by atoms with E-state index in [2.05, 4.69) is 5.32 Å². The molecular formula is C18H18FNO6S2. The van der Waals surface area contributed by atoms with Crippen LogP contribution in [0.25, 0.3) is 0 Å². The fourth-order valence-corrected chi connectivity index (χ4v) is 8.13. The number of fused-ring (bicyclic) bond motifs is 1. The van der Waals surface area contributed by atoms with Gasteiger partial charge in [0.05, 0.1) is 21.7 Å². The summed E-state index contributed by atoms with van der Waals surface area (Å²) in [7, 11) is -7.46. The van der Waals surface area contributed by atoms with Crippen LogP contribution in [0.15, 0.2) is 47.4 Å². The first-order valence-electron chi connectivity index (χ1n) is 8.56. The van der Waals surface area contributed by atoms with Gasteiger partial charge in [-0.05, 0) is 42.0 Å². The molecular weight excluding hydrogens is 409 g/mol. The average Bonchev–Trinajstić information content (AvgIpc) is 3.23. The normalized spacial score (nSPS) is 23.0. The number of ether oxygens (including phenoxy) is 2. The minimum Gasteiger partial charge on any atom is -0.454 e.